The van der Waals surface area contributed by atoms with E-state index in [0.717, 1.165) is 17.3 Å². The SMILES string of the molecule is CC1CC(NC(=O)CNC(=O)c2ccc(Br)cc2)C1. The lowest BCUT2D eigenvalue weighted by Gasteiger charge is -2.33. The quantitative estimate of drug-likeness (QED) is 0.891. The van der Waals surface area contributed by atoms with Gasteiger partial charge in [-0.25, -0.2) is 0 Å². The summed E-state index contributed by atoms with van der Waals surface area (Å²) in [6.07, 6.45) is 2.07. The van der Waals surface area contributed by atoms with Gasteiger partial charge in [-0.3, -0.25) is 9.59 Å². The van der Waals surface area contributed by atoms with Crippen LogP contribution in [0.2, 0.25) is 0 Å². The number of nitrogens with one attached hydrogen (secondary N) is 2. The maximum atomic E-state index is 11.8. The van der Waals surface area contributed by atoms with Crippen LogP contribution in [0.5, 0.6) is 0 Å². The number of hydrogen-bond donors (Lipinski definition) is 2. The molecule has 1 aliphatic carbocycles. The van der Waals surface area contributed by atoms with Gasteiger partial charge in [0.15, 0.2) is 0 Å². The Bertz CT molecular complexity index is 467. The van der Waals surface area contributed by atoms with Gasteiger partial charge in [0.05, 0.1) is 6.54 Å². The fourth-order valence-corrected chi connectivity index (χ4v) is 2.43. The van der Waals surface area contributed by atoms with Gasteiger partial charge in [0.25, 0.3) is 5.91 Å². The first-order chi connectivity index (χ1) is 9.04. The molecule has 0 atom stereocenters. The van der Waals surface area contributed by atoms with Crippen molar-refractivity contribution >= 4 is 27.7 Å². The Labute approximate surface area is 121 Å². The zero-order chi connectivity index (χ0) is 13.8. The van der Waals surface area contributed by atoms with Crippen LogP contribution in [0.25, 0.3) is 0 Å². The summed E-state index contributed by atoms with van der Waals surface area (Å²) in [5.41, 5.74) is 0.549. The molecule has 0 radical (unpaired) electrons. The van der Waals surface area contributed by atoms with E-state index in [9.17, 15) is 9.59 Å². The molecule has 0 aromatic heterocycles. The number of halogens is 1. The van der Waals surface area contributed by atoms with Crippen molar-refractivity contribution in [3.8, 4) is 0 Å². The van der Waals surface area contributed by atoms with Gasteiger partial charge in [-0.15, -0.1) is 0 Å². The average molecular weight is 325 g/mol. The zero-order valence-corrected chi connectivity index (χ0v) is 12.4. The van der Waals surface area contributed by atoms with Crippen molar-refractivity contribution in [3.63, 3.8) is 0 Å². The summed E-state index contributed by atoms with van der Waals surface area (Å²) >= 11 is 3.31. The van der Waals surface area contributed by atoms with Crippen molar-refractivity contribution < 1.29 is 9.59 Å². The summed E-state index contributed by atoms with van der Waals surface area (Å²) in [4.78, 5) is 23.4. The van der Waals surface area contributed by atoms with Crippen LogP contribution >= 0.6 is 15.9 Å². The molecule has 102 valence electrons. The summed E-state index contributed by atoms with van der Waals surface area (Å²) in [6, 6.07) is 7.30. The van der Waals surface area contributed by atoms with Crippen molar-refractivity contribution in [2.45, 2.75) is 25.8 Å². The van der Waals surface area contributed by atoms with Crippen LogP contribution in [0.1, 0.15) is 30.1 Å². The van der Waals surface area contributed by atoms with E-state index in [4.69, 9.17) is 0 Å². The fourth-order valence-electron chi connectivity index (χ4n) is 2.16. The normalized spacial score (nSPS) is 21.4. The second-order valence-corrected chi connectivity index (χ2v) is 5.95. The minimum Gasteiger partial charge on any atom is -0.352 e. The molecule has 1 aromatic rings. The third kappa shape index (κ3) is 4.06. The second-order valence-electron chi connectivity index (χ2n) is 5.03. The van der Waals surface area contributed by atoms with Gasteiger partial charge in [-0.05, 0) is 43.0 Å². The number of carbonyl (C=O) groups is 2. The van der Waals surface area contributed by atoms with Crippen molar-refractivity contribution in [3.05, 3.63) is 34.3 Å². The van der Waals surface area contributed by atoms with Crippen LogP contribution in [-0.4, -0.2) is 24.4 Å². The molecule has 0 spiro atoms. The van der Waals surface area contributed by atoms with Gasteiger partial charge in [-0.2, -0.15) is 0 Å². The van der Waals surface area contributed by atoms with Crippen molar-refractivity contribution in [1.82, 2.24) is 10.6 Å². The Morgan fingerprint density at radius 2 is 1.89 bits per heavy atom. The van der Waals surface area contributed by atoms with Crippen LogP contribution in [0, 0.1) is 5.92 Å². The van der Waals surface area contributed by atoms with Crippen LogP contribution in [0.3, 0.4) is 0 Å². The van der Waals surface area contributed by atoms with Gasteiger partial charge in [0.1, 0.15) is 0 Å². The highest BCUT2D eigenvalue weighted by Gasteiger charge is 2.26. The first-order valence-corrected chi connectivity index (χ1v) is 7.17. The fraction of sp³-hybridized carbons (Fsp3) is 0.429. The van der Waals surface area contributed by atoms with Gasteiger partial charge in [0.2, 0.25) is 5.91 Å². The Hall–Kier alpha value is -1.36. The first kappa shape index (κ1) is 14.1. The maximum Gasteiger partial charge on any atom is 0.251 e. The van der Waals surface area contributed by atoms with Crippen LogP contribution in [0.15, 0.2) is 28.7 Å². The lowest BCUT2D eigenvalue weighted by atomic mass is 9.82. The highest BCUT2D eigenvalue weighted by Crippen LogP contribution is 2.25. The molecule has 2 amide bonds. The van der Waals surface area contributed by atoms with Gasteiger partial charge >= 0.3 is 0 Å². The first-order valence-electron chi connectivity index (χ1n) is 6.37. The highest BCUT2D eigenvalue weighted by atomic mass is 79.9. The maximum absolute atomic E-state index is 11.8. The largest absolute Gasteiger partial charge is 0.352 e. The van der Waals surface area contributed by atoms with Crippen LogP contribution in [0.4, 0.5) is 0 Å². The van der Waals surface area contributed by atoms with Gasteiger partial charge < -0.3 is 10.6 Å². The molecule has 2 N–H and O–H groups in total. The molecule has 0 aliphatic heterocycles. The van der Waals surface area contributed by atoms with E-state index in [2.05, 4.69) is 33.5 Å². The molecule has 1 aliphatic rings. The predicted octanol–water partition coefficient (Wildman–Crippen LogP) is 2.09. The molecule has 1 fully saturated rings. The minimum absolute atomic E-state index is 0.0276. The molecule has 1 saturated carbocycles. The molecule has 2 rings (SSSR count). The van der Waals surface area contributed by atoms with E-state index in [1.165, 1.54) is 0 Å². The average Bonchev–Trinajstić information content (AvgIpc) is 2.35. The zero-order valence-electron chi connectivity index (χ0n) is 10.8. The Kier molecular flexibility index (Phi) is 4.58. The number of hydrogen-bond acceptors (Lipinski definition) is 2. The molecule has 0 heterocycles. The minimum atomic E-state index is -0.232. The monoisotopic (exact) mass is 324 g/mol. The molecule has 1 aromatic carbocycles. The van der Waals surface area contributed by atoms with E-state index < -0.39 is 0 Å². The standard InChI is InChI=1S/C14H17BrN2O2/c1-9-6-12(7-9)17-13(18)8-16-14(19)10-2-4-11(15)5-3-10/h2-5,9,12H,6-8H2,1H3,(H,16,19)(H,17,18). The summed E-state index contributed by atoms with van der Waals surface area (Å²) < 4.78 is 0.917. The van der Waals surface area contributed by atoms with Crippen molar-refractivity contribution in [1.29, 1.82) is 0 Å². The molecule has 0 unspecified atom stereocenters. The Balaban J connectivity index is 1.74. The number of carbonyl (C=O) groups excluding carboxylic acids is 2. The molecule has 0 bridgehead atoms. The molecule has 19 heavy (non-hydrogen) atoms. The molecule has 0 saturated heterocycles. The predicted molar refractivity (Wildman–Crippen MR) is 76.8 cm³/mol. The number of benzene rings is 1. The van der Waals surface area contributed by atoms with E-state index in [-0.39, 0.29) is 24.4 Å². The van der Waals surface area contributed by atoms with Crippen LogP contribution < -0.4 is 10.6 Å². The third-order valence-electron chi connectivity index (χ3n) is 3.25. The second kappa shape index (κ2) is 6.19. The summed E-state index contributed by atoms with van der Waals surface area (Å²) in [5.74, 6) is 0.342. The summed E-state index contributed by atoms with van der Waals surface area (Å²) in [5, 5.41) is 5.52. The van der Waals surface area contributed by atoms with E-state index in [1.807, 2.05) is 0 Å². The Morgan fingerprint density at radius 1 is 1.26 bits per heavy atom. The van der Waals surface area contributed by atoms with Gasteiger partial charge in [-0.1, -0.05) is 22.9 Å². The lowest BCUT2D eigenvalue weighted by molar-refractivity contribution is -0.121. The molecule has 5 heteroatoms. The number of rotatable bonds is 4. The van der Waals surface area contributed by atoms with E-state index >= 15 is 0 Å². The van der Waals surface area contributed by atoms with Crippen molar-refractivity contribution in [2.75, 3.05) is 6.54 Å². The topological polar surface area (TPSA) is 58.2 Å². The lowest BCUT2D eigenvalue weighted by Crippen LogP contribution is -2.47. The van der Waals surface area contributed by atoms with Gasteiger partial charge in [0, 0.05) is 16.1 Å². The Morgan fingerprint density at radius 3 is 2.47 bits per heavy atom. The summed E-state index contributed by atoms with van der Waals surface area (Å²) in [7, 11) is 0. The number of amides is 2. The van der Waals surface area contributed by atoms with E-state index in [0.29, 0.717) is 11.5 Å². The molecular formula is C14H17BrN2O2. The molecule has 4 nitrogen and oxygen atoms in total. The van der Waals surface area contributed by atoms with E-state index in [1.54, 1.807) is 24.3 Å². The molecular weight excluding hydrogens is 308 g/mol. The third-order valence-corrected chi connectivity index (χ3v) is 3.78. The van der Waals surface area contributed by atoms with Crippen LogP contribution in [-0.2, 0) is 4.79 Å². The highest BCUT2D eigenvalue weighted by molar-refractivity contribution is 9.10. The smallest absolute Gasteiger partial charge is 0.251 e. The van der Waals surface area contributed by atoms with Crippen molar-refractivity contribution in [2.24, 2.45) is 5.92 Å². The summed E-state index contributed by atoms with van der Waals surface area (Å²) in [6.45, 7) is 2.19.